The number of rotatable bonds is 6. The number of benzene rings is 1. The highest BCUT2D eigenvalue weighted by molar-refractivity contribution is 5.77. The number of aliphatic carboxylic acids is 1. The van der Waals surface area contributed by atoms with Crippen molar-refractivity contribution in [2.75, 3.05) is 19.7 Å². The fraction of sp³-hybridized carbons (Fsp3) is 0.529. The number of nitrogens with one attached hydrogen (secondary N) is 1. The predicted molar refractivity (Wildman–Crippen MR) is 86.3 cm³/mol. The summed E-state index contributed by atoms with van der Waals surface area (Å²) in [7, 11) is 0. The van der Waals surface area contributed by atoms with Crippen LogP contribution in [0.15, 0.2) is 24.3 Å². The van der Waals surface area contributed by atoms with Gasteiger partial charge in [-0.2, -0.15) is 13.2 Å². The summed E-state index contributed by atoms with van der Waals surface area (Å²) in [5.41, 5.74) is 1.66. The lowest BCUT2D eigenvalue weighted by atomic mass is 9.96. The Morgan fingerprint density at radius 2 is 1.92 bits per heavy atom. The normalized spacial score (nSPS) is 20.2. The predicted octanol–water partition coefficient (Wildman–Crippen LogP) is 2.63. The molecule has 1 aliphatic heterocycles. The molecule has 0 spiro atoms. The molecule has 26 heavy (non-hydrogen) atoms. The molecular weight excluding hydrogens is 353 g/mol. The van der Waals surface area contributed by atoms with Crippen LogP contribution in [0.2, 0.25) is 0 Å². The quantitative estimate of drug-likeness (QED) is 0.802. The van der Waals surface area contributed by atoms with E-state index in [1.807, 2.05) is 19.1 Å². The van der Waals surface area contributed by atoms with Gasteiger partial charge in [-0.15, -0.1) is 0 Å². The van der Waals surface area contributed by atoms with Crippen molar-refractivity contribution in [2.45, 2.75) is 26.3 Å². The van der Waals surface area contributed by atoms with Crippen LogP contribution >= 0.6 is 0 Å². The van der Waals surface area contributed by atoms with Crippen molar-refractivity contribution in [2.24, 2.45) is 11.8 Å². The van der Waals surface area contributed by atoms with Gasteiger partial charge in [0.15, 0.2) is 0 Å². The molecule has 0 unspecified atom stereocenters. The first-order valence-electron chi connectivity index (χ1n) is 8.20. The van der Waals surface area contributed by atoms with Gasteiger partial charge in [-0.25, -0.2) is 4.79 Å². The molecule has 2 atom stereocenters. The number of carboxylic acid groups (broad SMARTS) is 1. The summed E-state index contributed by atoms with van der Waals surface area (Å²) in [6.45, 7) is 1.74. The maximum atomic E-state index is 13.0. The van der Waals surface area contributed by atoms with E-state index < -0.39 is 43.1 Å². The second-order valence-electron chi connectivity index (χ2n) is 6.06. The van der Waals surface area contributed by atoms with E-state index >= 15 is 0 Å². The second kappa shape index (κ2) is 8.39. The van der Waals surface area contributed by atoms with Crippen LogP contribution < -0.4 is 5.32 Å². The Balaban J connectivity index is 2.00. The van der Waals surface area contributed by atoms with E-state index in [0.717, 1.165) is 16.0 Å². The first-order chi connectivity index (χ1) is 12.2. The number of ether oxygens (including phenoxy) is 1. The number of nitrogens with zero attached hydrogens (tertiary/aromatic N) is 1. The van der Waals surface area contributed by atoms with Gasteiger partial charge in [0.05, 0.1) is 18.4 Å². The summed E-state index contributed by atoms with van der Waals surface area (Å²) < 4.78 is 44.3. The van der Waals surface area contributed by atoms with Gasteiger partial charge in [0.25, 0.3) is 0 Å². The van der Waals surface area contributed by atoms with Gasteiger partial charge in [0.2, 0.25) is 0 Å². The van der Waals surface area contributed by atoms with Crippen LogP contribution in [-0.2, 0) is 22.7 Å². The number of halogens is 3. The molecule has 144 valence electrons. The highest BCUT2D eigenvalue weighted by Gasteiger charge is 2.53. The van der Waals surface area contributed by atoms with E-state index in [0.29, 0.717) is 13.2 Å². The molecule has 2 N–H and O–H groups in total. The largest absolute Gasteiger partial charge is 0.481 e. The van der Waals surface area contributed by atoms with Crippen LogP contribution in [0.1, 0.15) is 18.1 Å². The Hall–Kier alpha value is -2.29. The van der Waals surface area contributed by atoms with Crippen molar-refractivity contribution in [3.8, 4) is 0 Å². The second-order valence-corrected chi connectivity index (χ2v) is 6.06. The number of carboxylic acids is 1. The topological polar surface area (TPSA) is 78.9 Å². The third-order valence-electron chi connectivity index (χ3n) is 4.35. The van der Waals surface area contributed by atoms with E-state index in [9.17, 15) is 22.8 Å². The van der Waals surface area contributed by atoms with Crippen LogP contribution in [-0.4, -0.2) is 47.9 Å². The van der Waals surface area contributed by atoms with Gasteiger partial charge < -0.3 is 20.1 Å². The summed E-state index contributed by atoms with van der Waals surface area (Å²) in [6, 6.07) is 6.53. The molecular formula is C17H21F3N2O4. The molecule has 2 amide bonds. The zero-order valence-electron chi connectivity index (χ0n) is 14.3. The summed E-state index contributed by atoms with van der Waals surface area (Å²) in [4.78, 5) is 24.2. The SMILES string of the molecule is CCOCc1ccccc1CNC(=O)N1C[C@@H](C(F)(F)F)[C@H](C(=O)O)C1. The minimum absolute atomic E-state index is 0.118. The van der Waals surface area contributed by atoms with Crippen LogP contribution in [0.5, 0.6) is 0 Å². The van der Waals surface area contributed by atoms with Crippen molar-refractivity contribution >= 4 is 12.0 Å². The molecule has 2 rings (SSSR count). The van der Waals surface area contributed by atoms with Gasteiger partial charge in [0, 0.05) is 26.2 Å². The number of hydrogen-bond acceptors (Lipinski definition) is 3. The zero-order chi connectivity index (χ0) is 19.3. The Bertz CT molecular complexity index is 651. The van der Waals surface area contributed by atoms with Gasteiger partial charge in [-0.05, 0) is 18.1 Å². The minimum atomic E-state index is -4.66. The molecule has 1 saturated heterocycles. The first-order valence-corrected chi connectivity index (χ1v) is 8.20. The van der Waals surface area contributed by atoms with Crippen molar-refractivity contribution in [3.63, 3.8) is 0 Å². The van der Waals surface area contributed by atoms with Crippen molar-refractivity contribution in [1.82, 2.24) is 10.2 Å². The van der Waals surface area contributed by atoms with Gasteiger partial charge in [0.1, 0.15) is 0 Å². The number of urea groups is 1. The van der Waals surface area contributed by atoms with Crippen LogP contribution in [0, 0.1) is 11.8 Å². The van der Waals surface area contributed by atoms with E-state index in [1.165, 1.54) is 0 Å². The number of carbonyl (C=O) groups is 2. The fourth-order valence-corrected chi connectivity index (χ4v) is 2.92. The molecule has 1 fully saturated rings. The van der Waals surface area contributed by atoms with Crippen molar-refractivity contribution in [3.05, 3.63) is 35.4 Å². The molecule has 1 aromatic carbocycles. The van der Waals surface area contributed by atoms with Gasteiger partial charge in [-0.1, -0.05) is 24.3 Å². The molecule has 1 aromatic rings. The lowest BCUT2D eigenvalue weighted by molar-refractivity contribution is -0.187. The van der Waals surface area contributed by atoms with Gasteiger partial charge in [-0.3, -0.25) is 4.79 Å². The van der Waals surface area contributed by atoms with E-state index in [4.69, 9.17) is 9.84 Å². The minimum Gasteiger partial charge on any atom is -0.481 e. The van der Waals surface area contributed by atoms with E-state index in [-0.39, 0.29) is 6.54 Å². The van der Waals surface area contributed by atoms with Gasteiger partial charge >= 0.3 is 18.2 Å². The Kier molecular flexibility index (Phi) is 6.47. The average molecular weight is 374 g/mol. The van der Waals surface area contributed by atoms with Crippen LogP contribution in [0.4, 0.5) is 18.0 Å². The van der Waals surface area contributed by atoms with Crippen LogP contribution in [0.25, 0.3) is 0 Å². The highest BCUT2D eigenvalue weighted by atomic mass is 19.4. The molecule has 1 heterocycles. The third kappa shape index (κ3) is 4.87. The molecule has 9 heteroatoms. The lowest BCUT2D eigenvalue weighted by Crippen LogP contribution is -2.39. The molecule has 0 radical (unpaired) electrons. The monoisotopic (exact) mass is 374 g/mol. The van der Waals surface area contributed by atoms with Crippen molar-refractivity contribution in [1.29, 1.82) is 0 Å². The third-order valence-corrected chi connectivity index (χ3v) is 4.35. The number of likely N-dealkylation sites (tertiary alicyclic amines) is 1. The standard InChI is InChI=1S/C17H21F3N2O4/c1-2-26-10-12-6-4-3-5-11(12)7-21-16(25)22-8-13(15(23)24)14(9-22)17(18,19)20/h3-6,13-14H,2,7-10H2,1H3,(H,21,25)(H,23,24)/t13-,14-/m1/s1. The Morgan fingerprint density at radius 3 is 2.46 bits per heavy atom. The highest BCUT2D eigenvalue weighted by Crippen LogP contribution is 2.37. The molecule has 6 nitrogen and oxygen atoms in total. The van der Waals surface area contributed by atoms with E-state index in [1.54, 1.807) is 12.1 Å². The maximum Gasteiger partial charge on any atom is 0.394 e. The number of hydrogen-bond donors (Lipinski definition) is 2. The molecule has 0 bridgehead atoms. The molecule has 0 saturated carbocycles. The molecule has 0 aliphatic carbocycles. The number of carbonyl (C=O) groups excluding carboxylic acids is 1. The number of alkyl halides is 3. The summed E-state index contributed by atoms with van der Waals surface area (Å²) >= 11 is 0. The molecule has 0 aromatic heterocycles. The van der Waals surface area contributed by atoms with Crippen molar-refractivity contribution < 1.29 is 32.6 Å². The summed E-state index contributed by atoms with van der Waals surface area (Å²) in [6.07, 6.45) is -4.66. The first kappa shape index (κ1) is 20.0. The Labute approximate surface area is 148 Å². The summed E-state index contributed by atoms with van der Waals surface area (Å²) in [5.74, 6) is -5.26. The average Bonchev–Trinajstić information content (AvgIpc) is 3.04. The fourth-order valence-electron chi connectivity index (χ4n) is 2.92. The number of amides is 2. The zero-order valence-corrected chi connectivity index (χ0v) is 14.3. The Morgan fingerprint density at radius 1 is 1.27 bits per heavy atom. The smallest absolute Gasteiger partial charge is 0.394 e. The lowest BCUT2D eigenvalue weighted by Gasteiger charge is -2.19. The van der Waals surface area contributed by atoms with Crippen LogP contribution in [0.3, 0.4) is 0 Å². The molecule has 1 aliphatic rings. The summed E-state index contributed by atoms with van der Waals surface area (Å²) in [5, 5.41) is 11.6. The van der Waals surface area contributed by atoms with E-state index in [2.05, 4.69) is 5.32 Å². The maximum absolute atomic E-state index is 13.0.